The molecule has 0 bridgehead atoms. The average molecular weight is 554 g/mol. The van der Waals surface area contributed by atoms with Crippen molar-refractivity contribution < 1.29 is 47.6 Å². The number of esters is 2. The molecule has 0 spiro atoms. The Morgan fingerprint density at radius 3 is 1.95 bits per heavy atom. The number of hydrogen-bond acceptors (Lipinski definition) is 11. The van der Waals surface area contributed by atoms with E-state index in [1.807, 2.05) is 34.6 Å². The van der Waals surface area contributed by atoms with Gasteiger partial charge in [0.25, 0.3) is 0 Å². The highest BCUT2D eigenvalue weighted by Gasteiger charge is 2.36. The van der Waals surface area contributed by atoms with E-state index in [4.69, 9.17) is 34.2 Å². The van der Waals surface area contributed by atoms with Crippen LogP contribution in [0, 0.1) is 17.8 Å². The van der Waals surface area contributed by atoms with Crippen LogP contribution < -0.4 is 15.2 Å². The zero-order valence-corrected chi connectivity index (χ0v) is 24.1. The van der Waals surface area contributed by atoms with Gasteiger partial charge in [0.1, 0.15) is 5.54 Å². The van der Waals surface area contributed by atoms with Crippen LogP contribution in [0.25, 0.3) is 0 Å². The lowest BCUT2D eigenvalue weighted by atomic mass is 9.88. The van der Waals surface area contributed by atoms with Crippen molar-refractivity contribution >= 4 is 24.2 Å². The lowest BCUT2D eigenvalue weighted by Gasteiger charge is -2.27. The number of methoxy groups -OCH3 is 1. The fraction of sp³-hybridized carbons (Fsp3) is 0.643. The van der Waals surface area contributed by atoms with Crippen LogP contribution in [0.5, 0.6) is 11.5 Å². The molecule has 1 aromatic carbocycles. The van der Waals surface area contributed by atoms with Crippen molar-refractivity contribution in [3.8, 4) is 11.5 Å². The lowest BCUT2D eigenvalue weighted by molar-refractivity contribution is -0.153. The Hall–Kier alpha value is -3.34. The molecule has 0 radical (unpaired) electrons. The van der Waals surface area contributed by atoms with Crippen LogP contribution in [0.1, 0.15) is 66.4 Å². The van der Waals surface area contributed by atoms with E-state index in [1.54, 1.807) is 13.0 Å². The zero-order valence-electron chi connectivity index (χ0n) is 24.1. The average Bonchev–Trinajstić information content (AvgIpc) is 2.87. The maximum atomic E-state index is 12.6. The highest BCUT2D eigenvalue weighted by Crippen LogP contribution is 2.31. The standard InChI is InChI=1S/C28H43NO10/c1-8-9-20(6)24(30)35-13-12-28(29,25(31)34-7)15-21-10-11-22(38-26(32)36-16-18(2)3)23(14-21)39-27(33)37-17-19(4)5/h10-11,14,18-20H,8-9,12-13,15-17,29H2,1-7H3/t20?,28-/m1/s1. The molecule has 220 valence electrons. The first-order valence-corrected chi connectivity index (χ1v) is 13.2. The quantitative estimate of drug-likeness (QED) is 0.181. The van der Waals surface area contributed by atoms with E-state index in [-0.39, 0.29) is 67.9 Å². The van der Waals surface area contributed by atoms with Gasteiger partial charge in [0, 0.05) is 12.8 Å². The highest BCUT2D eigenvalue weighted by atomic mass is 16.7. The minimum Gasteiger partial charge on any atom is -0.468 e. The Bertz CT molecular complexity index is 962. The third-order valence-electron chi connectivity index (χ3n) is 5.49. The van der Waals surface area contributed by atoms with Crippen molar-refractivity contribution in [3.63, 3.8) is 0 Å². The van der Waals surface area contributed by atoms with Gasteiger partial charge in [-0.3, -0.25) is 9.59 Å². The summed E-state index contributed by atoms with van der Waals surface area (Å²) >= 11 is 0. The van der Waals surface area contributed by atoms with Crippen LogP contribution in [0.2, 0.25) is 0 Å². The third-order valence-corrected chi connectivity index (χ3v) is 5.49. The van der Waals surface area contributed by atoms with E-state index in [9.17, 15) is 19.2 Å². The molecule has 1 rings (SSSR count). The molecule has 2 N–H and O–H groups in total. The zero-order chi connectivity index (χ0) is 29.6. The fourth-order valence-corrected chi connectivity index (χ4v) is 3.39. The Morgan fingerprint density at radius 1 is 0.872 bits per heavy atom. The first-order chi connectivity index (χ1) is 18.3. The van der Waals surface area contributed by atoms with Crippen molar-refractivity contribution in [3.05, 3.63) is 23.8 Å². The van der Waals surface area contributed by atoms with E-state index in [2.05, 4.69) is 0 Å². The van der Waals surface area contributed by atoms with Crippen molar-refractivity contribution in [2.45, 2.75) is 72.8 Å². The number of carbonyl (C=O) groups is 4. The minimum atomic E-state index is -1.56. The predicted molar refractivity (Wildman–Crippen MR) is 142 cm³/mol. The topological polar surface area (TPSA) is 150 Å². The molecule has 0 aliphatic carbocycles. The van der Waals surface area contributed by atoms with Gasteiger partial charge in [-0.1, -0.05) is 54.0 Å². The summed E-state index contributed by atoms with van der Waals surface area (Å²) in [6, 6.07) is 4.35. The Balaban J connectivity index is 3.14. The van der Waals surface area contributed by atoms with Gasteiger partial charge in [-0.2, -0.15) is 0 Å². The van der Waals surface area contributed by atoms with Gasteiger partial charge in [0.2, 0.25) is 0 Å². The summed E-state index contributed by atoms with van der Waals surface area (Å²) in [5, 5.41) is 0. The van der Waals surface area contributed by atoms with E-state index < -0.39 is 23.8 Å². The summed E-state index contributed by atoms with van der Waals surface area (Å²) in [4.78, 5) is 49.2. The minimum absolute atomic E-state index is 0.0172. The summed E-state index contributed by atoms with van der Waals surface area (Å²) in [7, 11) is 1.21. The lowest BCUT2D eigenvalue weighted by Crippen LogP contribution is -2.51. The summed E-state index contributed by atoms with van der Waals surface area (Å²) in [6.45, 7) is 11.4. The van der Waals surface area contributed by atoms with E-state index in [0.29, 0.717) is 12.0 Å². The van der Waals surface area contributed by atoms with Crippen LogP contribution in [0.15, 0.2) is 18.2 Å². The monoisotopic (exact) mass is 553 g/mol. The summed E-state index contributed by atoms with van der Waals surface area (Å²) in [5.74, 6) is -1.41. The Morgan fingerprint density at radius 2 is 1.44 bits per heavy atom. The number of rotatable bonds is 15. The predicted octanol–water partition coefficient (Wildman–Crippen LogP) is 4.81. The van der Waals surface area contributed by atoms with Crippen LogP contribution in [-0.2, 0) is 35.0 Å². The molecule has 1 aromatic rings. The van der Waals surface area contributed by atoms with Crippen LogP contribution in [-0.4, -0.2) is 56.7 Å². The number of carbonyl (C=O) groups excluding carboxylic acids is 4. The molecular weight excluding hydrogens is 510 g/mol. The molecule has 0 heterocycles. The van der Waals surface area contributed by atoms with Crippen LogP contribution in [0.4, 0.5) is 9.59 Å². The van der Waals surface area contributed by atoms with Crippen LogP contribution >= 0.6 is 0 Å². The van der Waals surface area contributed by atoms with Crippen molar-refractivity contribution in [1.29, 1.82) is 0 Å². The molecule has 11 nitrogen and oxygen atoms in total. The second-order valence-corrected chi connectivity index (χ2v) is 10.3. The molecule has 0 saturated heterocycles. The van der Waals surface area contributed by atoms with Gasteiger partial charge >= 0.3 is 24.2 Å². The first kappa shape index (κ1) is 33.7. The van der Waals surface area contributed by atoms with E-state index in [1.165, 1.54) is 19.2 Å². The molecule has 0 fully saturated rings. The summed E-state index contributed by atoms with van der Waals surface area (Å²) in [6.07, 6.45) is -0.525. The highest BCUT2D eigenvalue weighted by molar-refractivity contribution is 5.81. The van der Waals surface area contributed by atoms with Crippen molar-refractivity contribution in [1.82, 2.24) is 0 Å². The van der Waals surface area contributed by atoms with E-state index >= 15 is 0 Å². The molecule has 2 atom stereocenters. The second-order valence-electron chi connectivity index (χ2n) is 10.3. The molecule has 0 saturated carbocycles. The maximum absolute atomic E-state index is 12.6. The van der Waals surface area contributed by atoms with Gasteiger partial charge < -0.3 is 34.2 Å². The largest absolute Gasteiger partial charge is 0.513 e. The molecule has 1 unspecified atom stereocenters. The van der Waals surface area contributed by atoms with E-state index in [0.717, 1.165) is 6.42 Å². The molecule has 11 heteroatoms. The van der Waals surface area contributed by atoms with Crippen molar-refractivity contribution in [2.24, 2.45) is 23.5 Å². The summed E-state index contributed by atoms with van der Waals surface area (Å²) < 4.78 is 30.9. The first-order valence-electron chi connectivity index (χ1n) is 13.2. The fourth-order valence-electron chi connectivity index (χ4n) is 3.39. The van der Waals surface area contributed by atoms with Gasteiger partial charge in [0.15, 0.2) is 11.5 Å². The van der Waals surface area contributed by atoms with Crippen LogP contribution in [0.3, 0.4) is 0 Å². The molecule has 0 aliphatic heterocycles. The normalized spacial score (nSPS) is 13.3. The van der Waals surface area contributed by atoms with Gasteiger partial charge in [-0.05, 0) is 36.0 Å². The second kappa shape index (κ2) is 16.6. The number of benzene rings is 1. The molecular formula is C28H43NO10. The smallest absolute Gasteiger partial charge is 0.468 e. The van der Waals surface area contributed by atoms with Crippen molar-refractivity contribution in [2.75, 3.05) is 26.9 Å². The van der Waals surface area contributed by atoms with Gasteiger partial charge in [-0.25, -0.2) is 9.59 Å². The summed E-state index contributed by atoms with van der Waals surface area (Å²) in [5.41, 5.74) is 5.32. The number of nitrogens with two attached hydrogens (primary N) is 1. The van der Waals surface area contributed by atoms with Gasteiger partial charge in [0.05, 0.1) is 32.8 Å². The Labute approximate surface area is 230 Å². The number of ether oxygens (including phenoxy) is 6. The number of hydrogen-bond donors (Lipinski definition) is 1. The molecule has 0 aromatic heterocycles. The third kappa shape index (κ3) is 12.4. The maximum Gasteiger partial charge on any atom is 0.513 e. The Kier molecular flexibility index (Phi) is 14.3. The van der Waals surface area contributed by atoms with Gasteiger partial charge in [-0.15, -0.1) is 0 Å². The molecule has 0 aliphatic rings. The molecule has 39 heavy (non-hydrogen) atoms. The molecule has 0 amide bonds. The SMILES string of the molecule is CCCC(C)C(=O)OCC[C@@](N)(Cc1ccc(OC(=O)OCC(C)C)c(OC(=O)OCC(C)C)c1)C(=O)OC.